The number of hydrogen-bond donors (Lipinski definition) is 1. The van der Waals surface area contributed by atoms with Crippen LogP contribution in [-0.2, 0) is 11.3 Å². The molecule has 116 valence electrons. The fourth-order valence-electron chi connectivity index (χ4n) is 2.48. The zero-order chi connectivity index (χ0) is 15.2. The maximum absolute atomic E-state index is 12.2. The number of hydrogen-bond acceptors (Lipinski definition) is 4. The zero-order valence-corrected chi connectivity index (χ0v) is 13.6. The summed E-state index contributed by atoms with van der Waals surface area (Å²) in [5.74, 6) is 0.139. The van der Waals surface area contributed by atoms with Crippen LogP contribution < -0.4 is 0 Å². The number of carbonyl (C=O) groups is 1. The summed E-state index contributed by atoms with van der Waals surface area (Å²) in [6.07, 6.45) is 3.41. The lowest BCUT2D eigenvalue weighted by molar-refractivity contribution is -0.132. The van der Waals surface area contributed by atoms with Gasteiger partial charge in [0.15, 0.2) is 0 Å². The molecule has 0 aromatic heterocycles. The summed E-state index contributed by atoms with van der Waals surface area (Å²) in [7, 11) is 1.85. The van der Waals surface area contributed by atoms with E-state index in [1.807, 2.05) is 7.05 Å². The Morgan fingerprint density at radius 3 is 2.52 bits per heavy atom. The van der Waals surface area contributed by atoms with Gasteiger partial charge in [0.2, 0.25) is 5.91 Å². The molecule has 0 spiro atoms. The SMILES string of the molecule is CSc1ccc(CN(C)C(=O)CN2CCC(O)CC2)cc1. The number of amides is 1. The first-order valence-electron chi connectivity index (χ1n) is 7.36. The molecule has 1 aromatic rings. The van der Waals surface area contributed by atoms with Crippen LogP contribution in [0.2, 0.25) is 0 Å². The predicted molar refractivity (Wildman–Crippen MR) is 86.4 cm³/mol. The van der Waals surface area contributed by atoms with Crippen molar-refractivity contribution in [3.05, 3.63) is 29.8 Å². The Kier molecular flexibility index (Phi) is 6.08. The Hall–Kier alpha value is -1.04. The van der Waals surface area contributed by atoms with Crippen molar-refractivity contribution in [1.29, 1.82) is 0 Å². The minimum absolute atomic E-state index is 0.139. The molecule has 0 saturated carbocycles. The van der Waals surface area contributed by atoms with Gasteiger partial charge >= 0.3 is 0 Å². The van der Waals surface area contributed by atoms with Crippen LogP contribution in [0, 0.1) is 0 Å². The molecule has 21 heavy (non-hydrogen) atoms. The maximum Gasteiger partial charge on any atom is 0.236 e. The van der Waals surface area contributed by atoms with Crippen molar-refractivity contribution >= 4 is 17.7 Å². The van der Waals surface area contributed by atoms with Crippen molar-refractivity contribution in [2.75, 3.05) is 32.9 Å². The molecule has 0 aliphatic carbocycles. The molecule has 0 unspecified atom stereocenters. The Labute approximate surface area is 131 Å². The molecule has 2 rings (SSSR count). The van der Waals surface area contributed by atoms with Gasteiger partial charge in [-0.3, -0.25) is 9.69 Å². The molecular formula is C16H24N2O2S. The minimum Gasteiger partial charge on any atom is -0.393 e. The summed E-state index contributed by atoms with van der Waals surface area (Å²) >= 11 is 1.72. The number of nitrogens with zero attached hydrogens (tertiary/aromatic N) is 2. The highest BCUT2D eigenvalue weighted by Crippen LogP contribution is 2.16. The quantitative estimate of drug-likeness (QED) is 0.843. The van der Waals surface area contributed by atoms with Crippen LogP contribution in [0.4, 0.5) is 0 Å². The average molecular weight is 308 g/mol. The maximum atomic E-state index is 12.2. The van der Waals surface area contributed by atoms with Gasteiger partial charge in [-0.1, -0.05) is 12.1 Å². The third kappa shape index (κ3) is 5.02. The topological polar surface area (TPSA) is 43.8 Å². The molecule has 1 saturated heterocycles. The summed E-state index contributed by atoms with van der Waals surface area (Å²) in [5.41, 5.74) is 1.15. The van der Waals surface area contributed by atoms with E-state index < -0.39 is 0 Å². The van der Waals surface area contributed by atoms with E-state index in [2.05, 4.69) is 35.4 Å². The second-order valence-electron chi connectivity index (χ2n) is 5.61. The van der Waals surface area contributed by atoms with Crippen LogP contribution >= 0.6 is 11.8 Å². The van der Waals surface area contributed by atoms with Gasteiger partial charge in [0.1, 0.15) is 0 Å². The normalized spacial score (nSPS) is 16.9. The fraction of sp³-hybridized carbons (Fsp3) is 0.562. The molecule has 1 heterocycles. The van der Waals surface area contributed by atoms with Crippen LogP contribution in [0.5, 0.6) is 0 Å². The number of likely N-dealkylation sites (tertiary alicyclic amines) is 1. The molecule has 5 heteroatoms. The lowest BCUT2D eigenvalue weighted by Gasteiger charge is -2.30. The fourth-order valence-corrected chi connectivity index (χ4v) is 2.89. The van der Waals surface area contributed by atoms with Gasteiger partial charge in [0, 0.05) is 31.6 Å². The highest BCUT2D eigenvalue weighted by Gasteiger charge is 2.20. The molecular weight excluding hydrogens is 284 g/mol. The van der Waals surface area contributed by atoms with E-state index in [-0.39, 0.29) is 12.0 Å². The highest BCUT2D eigenvalue weighted by atomic mass is 32.2. The van der Waals surface area contributed by atoms with Crippen LogP contribution in [0.25, 0.3) is 0 Å². The van der Waals surface area contributed by atoms with Crippen LogP contribution in [0.15, 0.2) is 29.2 Å². The largest absolute Gasteiger partial charge is 0.393 e. The van der Waals surface area contributed by atoms with Crippen molar-refractivity contribution in [1.82, 2.24) is 9.80 Å². The lowest BCUT2D eigenvalue weighted by Crippen LogP contribution is -2.43. The van der Waals surface area contributed by atoms with Crippen molar-refractivity contribution < 1.29 is 9.90 Å². The first kappa shape index (κ1) is 16.3. The molecule has 1 aromatic carbocycles. The summed E-state index contributed by atoms with van der Waals surface area (Å²) in [4.78, 5) is 17.4. The van der Waals surface area contributed by atoms with Gasteiger partial charge in [0.25, 0.3) is 0 Å². The summed E-state index contributed by atoms with van der Waals surface area (Å²) < 4.78 is 0. The van der Waals surface area contributed by atoms with Gasteiger partial charge in [-0.25, -0.2) is 0 Å². The van der Waals surface area contributed by atoms with Crippen molar-refractivity contribution in [2.24, 2.45) is 0 Å². The van der Waals surface area contributed by atoms with E-state index in [0.29, 0.717) is 13.1 Å². The summed E-state index contributed by atoms with van der Waals surface area (Å²) in [5, 5.41) is 9.48. The number of benzene rings is 1. The lowest BCUT2D eigenvalue weighted by atomic mass is 10.1. The Morgan fingerprint density at radius 2 is 1.95 bits per heavy atom. The Bertz CT molecular complexity index is 456. The minimum atomic E-state index is -0.191. The number of aliphatic hydroxyl groups excluding tert-OH is 1. The number of thioether (sulfide) groups is 1. The van der Waals surface area contributed by atoms with Crippen molar-refractivity contribution in [3.63, 3.8) is 0 Å². The Morgan fingerprint density at radius 1 is 1.33 bits per heavy atom. The van der Waals surface area contributed by atoms with Crippen LogP contribution in [-0.4, -0.2) is 59.9 Å². The molecule has 1 aliphatic heterocycles. The molecule has 0 atom stereocenters. The number of rotatable bonds is 5. The van der Waals surface area contributed by atoms with E-state index in [9.17, 15) is 9.90 Å². The van der Waals surface area contributed by atoms with Gasteiger partial charge in [-0.2, -0.15) is 0 Å². The van der Waals surface area contributed by atoms with Crippen molar-refractivity contribution in [2.45, 2.75) is 30.4 Å². The van der Waals surface area contributed by atoms with Crippen molar-refractivity contribution in [3.8, 4) is 0 Å². The third-order valence-corrected chi connectivity index (χ3v) is 4.66. The predicted octanol–water partition coefficient (Wildman–Crippen LogP) is 1.82. The molecule has 0 radical (unpaired) electrons. The number of aliphatic hydroxyl groups is 1. The van der Waals surface area contributed by atoms with E-state index >= 15 is 0 Å². The first-order valence-corrected chi connectivity index (χ1v) is 8.58. The van der Waals surface area contributed by atoms with Gasteiger partial charge in [-0.15, -0.1) is 11.8 Å². The first-order chi connectivity index (χ1) is 10.1. The second-order valence-corrected chi connectivity index (χ2v) is 6.48. The zero-order valence-electron chi connectivity index (χ0n) is 12.8. The summed E-state index contributed by atoms with van der Waals surface area (Å²) in [6.45, 7) is 2.71. The van der Waals surface area contributed by atoms with E-state index in [1.165, 1.54) is 4.90 Å². The highest BCUT2D eigenvalue weighted by molar-refractivity contribution is 7.98. The van der Waals surface area contributed by atoms with Gasteiger partial charge in [0.05, 0.1) is 12.6 Å². The molecule has 1 amide bonds. The number of carbonyl (C=O) groups excluding carboxylic acids is 1. The average Bonchev–Trinajstić information content (AvgIpc) is 2.50. The second kappa shape index (κ2) is 7.82. The van der Waals surface area contributed by atoms with E-state index in [4.69, 9.17) is 0 Å². The smallest absolute Gasteiger partial charge is 0.236 e. The monoisotopic (exact) mass is 308 g/mol. The molecule has 1 aliphatic rings. The molecule has 1 N–H and O–H groups in total. The third-order valence-electron chi connectivity index (χ3n) is 3.92. The molecule has 1 fully saturated rings. The van der Waals surface area contributed by atoms with Crippen LogP contribution in [0.3, 0.4) is 0 Å². The van der Waals surface area contributed by atoms with Gasteiger partial charge < -0.3 is 10.0 Å². The van der Waals surface area contributed by atoms with Gasteiger partial charge in [-0.05, 0) is 36.8 Å². The molecule has 0 bridgehead atoms. The standard InChI is InChI=1S/C16H24N2O2S/c1-17(11-13-3-5-15(21-2)6-4-13)16(20)12-18-9-7-14(19)8-10-18/h3-6,14,19H,7-12H2,1-2H3. The number of likely N-dealkylation sites (N-methyl/N-ethyl adjacent to an activating group) is 1. The Balaban J connectivity index is 1.81. The summed E-state index contributed by atoms with van der Waals surface area (Å²) in [6, 6.07) is 8.33. The molecule has 4 nitrogen and oxygen atoms in total. The van der Waals surface area contributed by atoms with Crippen LogP contribution in [0.1, 0.15) is 18.4 Å². The van der Waals surface area contributed by atoms with E-state index in [0.717, 1.165) is 31.5 Å². The van der Waals surface area contributed by atoms with E-state index in [1.54, 1.807) is 16.7 Å². The number of piperidine rings is 1.